The zero-order chi connectivity index (χ0) is 13.7. The highest BCUT2D eigenvalue weighted by molar-refractivity contribution is 9.11. The summed E-state index contributed by atoms with van der Waals surface area (Å²) in [5.41, 5.74) is 3.04. The van der Waals surface area contributed by atoms with Crippen LogP contribution in [0.5, 0.6) is 0 Å². The lowest BCUT2D eigenvalue weighted by Gasteiger charge is -2.28. The van der Waals surface area contributed by atoms with Gasteiger partial charge in [0, 0.05) is 16.2 Å². The molecule has 1 saturated heterocycles. The maximum Gasteiger partial charge on any atom is 0.0880 e. The van der Waals surface area contributed by atoms with Crippen LogP contribution in [0.4, 0.5) is 0 Å². The van der Waals surface area contributed by atoms with Crippen molar-refractivity contribution in [2.75, 3.05) is 0 Å². The van der Waals surface area contributed by atoms with Gasteiger partial charge in [-0.2, -0.15) is 0 Å². The van der Waals surface area contributed by atoms with Crippen LogP contribution in [0, 0.1) is 0 Å². The van der Waals surface area contributed by atoms with Gasteiger partial charge in [0.25, 0.3) is 0 Å². The third-order valence-electron chi connectivity index (χ3n) is 3.62. The molecule has 0 saturated carbocycles. The van der Waals surface area contributed by atoms with Crippen molar-refractivity contribution >= 4 is 31.9 Å². The van der Waals surface area contributed by atoms with Crippen LogP contribution in [0.25, 0.3) is 0 Å². The van der Waals surface area contributed by atoms with E-state index in [1.165, 1.54) is 0 Å². The molecule has 0 aromatic carbocycles. The SMILES string of the molecule is CC[C@@H](Br)[C@H]1CC=CC[C@@H]2O[C@@H](C=C=CBr)C[C@@H]2O1. The van der Waals surface area contributed by atoms with Crippen LogP contribution in [-0.2, 0) is 9.47 Å². The molecule has 2 aliphatic heterocycles. The molecule has 0 bridgehead atoms. The Hall–Kier alpha value is 0.140. The first kappa shape index (κ1) is 15.5. The first-order valence-corrected chi connectivity index (χ1v) is 8.69. The van der Waals surface area contributed by atoms with E-state index in [0.29, 0.717) is 4.83 Å². The summed E-state index contributed by atoms with van der Waals surface area (Å²) < 4.78 is 12.3. The minimum atomic E-state index is 0.117. The van der Waals surface area contributed by atoms with Crippen molar-refractivity contribution in [1.82, 2.24) is 0 Å². The van der Waals surface area contributed by atoms with Gasteiger partial charge in [-0.25, -0.2) is 0 Å². The molecule has 0 aromatic rings. The van der Waals surface area contributed by atoms with Crippen LogP contribution < -0.4 is 0 Å². The van der Waals surface area contributed by atoms with E-state index in [1.807, 2.05) is 6.08 Å². The Kier molecular flexibility index (Phi) is 6.37. The van der Waals surface area contributed by atoms with Gasteiger partial charge in [0.1, 0.15) is 0 Å². The lowest BCUT2D eigenvalue weighted by Crippen LogP contribution is -2.34. The Morgan fingerprint density at radius 3 is 2.84 bits per heavy atom. The smallest absolute Gasteiger partial charge is 0.0880 e. The van der Waals surface area contributed by atoms with Crippen LogP contribution in [0.3, 0.4) is 0 Å². The van der Waals surface area contributed by atoms with Gasteiger partial charge in [0.2, 0.25) is 0 Å². The normalized spacial score (nSPS) is 35.7. The van der Waals surface area contributed by atoms with E-state index in [9.17, 15) is 0 Å². The Balaban J connectivity index is 2.04. The standard InChI is InChI=1S/C15H20Br2O2/c1-2-12(17)13-7-3-4-8-14-15(19-13)10-11(18-14)6-5-9-16/h3-4,6,9,11-15H,2,7-8,10H2,1H3/t5?,11-,12+,13+,14-,15-/m0/s1. The molecule has 19 heavy (non-hydrogen) atoms. The fourth-order valence-electron chi connectivity index (χ4n) is 2.59. The molecule has 0 N–H and O–H groups in total. The fraction of sp³-hybridized carbons (Fsp3) is 0.667. The van der Waals surface area contributed by atoms with E-state index >= 15 is 0 Å². The Morgan fingerprint density at radius 1 is 1.32 bits per heavy atom. The molecule has 0 spiro atoms. The van der Waals surface area contributed by atoms with E-state index in [4.69, 9.17) is 9.47 Å². The van der Waals surface area contributed by atoms with Crippen molar-refractivity contribution in [2.45, 2.75) is 61.9 Å². The molecule has 2 heterocycles. The third-order valence-corrected chi connectivity index (χ3v) is 5.12. The van der Waals surface area contributed by atoms with Gasteiger partial charge in [0.15, 0.2) is 0 Å². The zero-order valence-corrected chi connectivity index (χ0v) is 14.3. The summed E-state index contributed by atoms with van der Waals surface area (Å²) in [4.78, 5) is 2.14. The Labute approximate surface area is 132 Å². The van der Waals surface area contributed by atoms with Crippen LogP contribution in [0.15, 0.2) is 28.9 Å². The largest absolute Gasteiger partial charge is 0.371 e. The summed E-state index contributed by atoms with van der Waals surface area (Å²) in [5.74, 6) is 0. The lowest BCUT2D eigenvalue weighted by molar-refractivity contribution is -0.0540. The molecular formula is C15H20Br2O2. The molecule has 2 aliphatic rings. The first-order valence-electron chi connectivity index (χ1n) is 6.85. The number of halogens is 2. The van der Waals surface area contributed by atoms with E-state index < -0.39 is 0 Å². The molecule has 2 rings (SSSR count). The van der Waals surface area contributed by atoms with Gasteiger partial charge in [0.05, 0.1) is 24.4 Å². The predicted molar refractivity (Wildman–Crippen MR) is 84.9 cm³/mol. The average Bonchev–Trinajstić information content (AvgIpc) is 2.77. The summed E-state index contributed by atoms with van der Waals surface area (Å²) in [5, 5.41) is 0. The average molecular weight is 392 g/mol. The van der Waals surface area contributed by atoms with E-state index in [-0.39, 0.29) is 24.4 Å². The Bertz CT molecular complexity index is 374. The first-order chi connectivity index (χ1) is 9.24. The van der Waals surface area contributed by atoms with Crippen LogP contribution >= 0.6 is 31.9 Å². The predicted octanol–water partition coefficient (Wildman–Crippen LogP) is 4.48. The number of ether oxygens (including phenoxy) is 2. The van der Waals surface area contributed by atoms with Gasteiger partial charge >= 0.3 is 0 Å². The van der Waals surface area contributed by atoms with Crippen molar-refractivity contribution in [3.05, 3.63) is 28.9 Å². The molecule has 0 aliphatic carbocycles. The summed E-state index contributed by atoms with van der Waals surface area (Å²) >= 11 is 6.95. The second kappa shape index (κ2) is 7.80. The number of alkyl halides is 1. The highest BCUT2D eigenvalue weighted by atomic mass is 79.9. The quantitative estimate of drug-likeness (QED) is 0.401. The van der Waals surface area contributed by atoms with E-state index in [2.05, 4.69) is 56.7 Å². The summed E-state index contributed by atoms with van der Waals surface area (Å²) in [6, 6.07) is 0. The maximum absolute atomic E-state index is 6.29. The van der Waals surface area contributed by atoms with Crippen molar-refractivity contribution < 1.29 is 9.47 Å². The summed E-state index contributed by atoms with van der Waals surface area (Å²) in [7, 11) is 0. The maximum atomic E-state index is 6.29. The minimum Gasteiger partial charge on any atom is -0.371 e. The molecule has 5 atom stereocenters. The molecule has 2 nitrogen and oxygen atoms in total. The highest BCUT2D eigenvalue weighted by Gasteiger charge is 2.37. The van der Waals surface area contributed by atoms with Crippen LogP contribution in [-0.4, -0.2) is 29.2 Å². The Morgan fingerprint density at radius 2 is 2.11 bits per heavy atom. The topological polar surface area (TPSA) is 18.5 Å². The number of rotatable bonds is 3. The van der Waals surface area contributed by atoms with Gasteiger partial charge in [-0.05, 0) is 25.3 Å². The van der Waals surface area contributed by atoms with Gasteiger partial charge in [-0.15, -0.1) is 5.73 Å². The molecular weight excluding hydrogens is 372 g/mol. The summed E-state index contributed by atoms with van der Waals surface area (Å²) in [6.07, 6.45) is 11.1. The zero-order valence-electron chi connectivity index (χ0n) is 11.1. The number of hydrogen-bond donors (Lipinski definition) is 0. The van der Waals surface area contributed by atoms with Crippen molar-refractivity contribution in [3.8, 4) is 0 Å². The fourth-order valence-corrected chi connectivity index (χ4v) is 3.08. The lowest BCUT2D eigenvalue weighted by atomic mass is 10.0. The second-order valence-electron chi connectivity index (χ2n) is 4.97. The molecule has 106 valence electrons. The molecule has 0 amide bonds. The van der Waals surface area contributed by atoms with Gasteiger partial charge in [-0.1, -0.05) is 50.9 Å². The summed E-state index contributed by atoms with van der Waals surface area (Å²) in [6.45, 7) is 2.18. The van der Waals surface area contributed by atoms with Crippen LogP contribution in [0.1, 0.15) is 32.6 Å². The highest BCUT2D eigenvalue weighted by Crippen LogP contribution is 2.31. The number of fused-ring (bicyclic) bond motifs is 1. The molecule has 4 heteroatoms. The monoisotopic (exact) mass is 390 g/mol. The van der Waals surface area contributed by atoms with Crippen molar-refractivity contribution in [3.63, 3.8) is 0 Å². The van der Waals surface area contributed by atoms with Gasteiger partial charge in [-0.3, -0.25) is 0 Å². The van der Waals surface area contributed by atoms with E-state index in [0.717, 1.165) is 25.7 Å². The second-order valence-corrected chi connectivity index (χ2v) is 6.61. The van der Waals surface area contributed by atoms with Gasteiger partial charge < -0.3 is 9.47 Å². The van der Waals surface area contributed by atoms with Crippen LogP contribution in [0.2, 0.25) is 0 Å². The minimum absolute atomic E-state index is 0.117. The third kappa shape index (κ3) is 4.30. The molecule has 0 unspecified atom stereocenters. The van der Waals surface area contributed by atoms with Crippen molar-refractivity contribution in [2.24, 2.45) is 0 Å². The van der Waals surface area contributed by atoms with Crippen molar-refractivity contribution in [1.29, 1.82) is 0 Å². The molecule has 0 aromatic heterocycles. The molecule has 1 fully saturated rings. The molecule has 0 radical (unpaired) electrons. The van der Waals surface area contributed by atoms with E-state index in [1.54, 1.807) is 4.99 Å². The number of hydrogen-bond acceptors (Lipinski definition) is 2.